The summed E-state index contributed by atoms with van der Waals surface area (Å²) < 4.78 is 70.5. The average Bonchev–Trinajstić information content (AvgIpc) is 2.69. The summed E-state index contributed by atoms with van der Waals surface area (Å²) in [5.41, 5.74) is -2.02. The van der Waals surface area contributed by atoms with E-state index in [-0.39, 0.29) is 11.1 Å². The molecule has 0 saturated carbocycles. The van der Waals surface area contributed by atoms with Crippen LogP contribution in [0, 0.1) is 18.6 Å². The van der Waals surface area contributed by atoms with Gasteiger partial charge in [-0.2, -0.15) is 13.2 Å². The summed E-state index contributed by atoms with van der Waals surface area (Å²) in [7, 11) is 0. The molecular formula is C24H19F5N2. The van der Waals surface area contributed by atoms with E-state index < -0.39 is 39.8 Å². The molecule has 31 heavy (non-hydrogen) atoms. The summed E-state index contributed by atoms with van der Waals surface area (Å²) in [5.74, 6) is -2.75. The van der Waals surface area contributed by atoms with Crippen LogP contribution in [0.1, 0.15) is 37.5 Å². The predicted octanol–water partition coefficient (Wildman–Crippen LogP) is 7.35. The Labute approximate surface area is 175 Å². The van der Waals surface area contributed by atoms with E-state index in [0.717, 1.165) is 29.6 Å². The molecule has 4 rings (SSSR count). The van der Waals surface area contributed by atoms with Crippen LogP contribution in [0.2, 0.25) is 0 Å². The van der Waals surface area contributed by atoms with Crippen molar-refractivity contribution in [3.05, 3.63) is 71.1 Å². The number of alkyl halides is 3. The van der Waals surface area contributed by atoms with Crippen molar-refractivity contribution in [2.24, 2.45) is 0 Å². The number of benzene rings is 3. The maximum Gasteiger partial charge on any atom is 0.421 e. The van der Waals surface area contributed by atoms with Crippen LogP contribution in [0.4, 0.5) is 22.0 Å². The Balaban J connectivity index is 2.16. The van der Waals surface area contributed by atoms with Crippen molar-refractivity contribution in [1.29, 1.82) is 0 Å². The maximum atomic E-state index is 15.1. The number of aromatic nitrogens is 2. The van der Waals surface area contributed by atoms with E-state index in [0.29, 0.717) is 5.56 Å². The van der Waals surface area contributed by atoms with Crippen molar-refractivity contribution in [1.82, 2.24) is 9.97 Å². The average molecular weight is 430 g/mol. The summed E-state index contributed by atoms with van der Waals surface area (Å²) >= 11 is 0. The van der Waals surface area contributed by atoms with Gasteiger partial charge in [0.2, 0.25) is 0 Å². The van der Waals surface area contributed by atoms with Gasteiger partial charge in [0.1, 0.15) is 23.5 Å². The highest BCUT2D eigenvalue weighted by Crippen LogP contribution is 2.42. The molecular weight excluding hydrogens is 411 g/mol. The van der Waals surface area contributed by atoms with Gasteiger partial charge in [-0.05, 0) is 40.8 Å². The van der Waals surface area contributed by atoms with Gasteiger partial charge in [-0.15, -0.1) is 0 Å². The highest BCUT2D eigenvalue weighted by Gasteiger charge is 2.39. The van der Waals surface area contributed by atoms with Crippen LogP contribution in [0.15, 0.2) is 42.7 Å². The van der Waals surface area contributed by atoms with Gasteiger partial charge in [-0.25, -0.2) is 18.7 Å². The first-order valence-corrected chi connectivity index (χ1v) is 9.64. The number of rotatable bonds is 1. The number of hydrogen-bond acceptors (Lipinski definition) is 2. The third-order valence-corrected chi connectivity index (χ3v) is 5.41. The lowest BCUT2D eigenvalue weighted by molar-refractivity contribution is -0.138. The van der Waals surface area contributed by atoms with Crippen molar-refractivity contribution >= 4 is 21.7 Å². The Morgan fingerprint density at radius 1 is 0.871 bits per heavy atom. The second kappa shape index (κ2) is 6.97. The van der Waals surface area contributed by atoms with Crippen LogP contribution in [0.25, 0.3) is 32.9 Å². The number of fused-ring (bicyclic) bond motifs is 2. The van der Waals surface area contributed by atoms with Crippen LogP contribution >= 0.6 is 0 Å². The molecule has 0 aliphatic carbocycles. The van der Waals surface area contributed by atoms with Crippen LogP contribution in [-0.2, 0) is 11.6 Å². The third-order valence-electron chi connectivity index (χ3n) is 5.41. The Morgan fingerprint density at radius 3 is 2.19 bits per heavy atom. The second-order valence-corrected chi connectivity index (χ2v) is 8.57. The van der Waals surface area contributed by atoms with E-state index in [1.54, 1.807) is 12.1 Å². The first kappa shape index (κ1) is 21.2. The van der Waals surface area contributed by atoms with Crippen molar-refractivity contribution in [2.75, 3.05) is 0 Å². The SMILES string of the molecule is Cc1c(F)c(C(F)(F)F)c2ncnc(-c3cc(C(C)(C)C)c4ccccc4c3)c2c1F. The Morgan fingerprint density at radius 2 is 1.55 bits per heavy atom. The quantitative estimate of drug-likeness (QED) is 0.295. The van der Waals surface area contributed by atoms with Gasteiger partial charge in [0.25, 0.3) is 0 Å². The minimum absolute atomic E-state index is 0.00708. The Bertz CT molecular complexity index is 1330. The largest absolute Gasteiger partial charge is 0.421 e. The fourth-order valence-corrected chi connectivity index (χ4v) is 3.90. The molecule has 0 N–H and O–H groups in total. The van der Waals surface area contributed by atoms with Crippen LogP contribution in [-0.4, -0.2) is 9.97 Å². The van der Waals surface area contributed by atoms with Crippen LogP contribution in [0.3, 0.4) is 0 Å². The van der Waals surface area contributed by atoms with E-state index in [9.17, 15) is 17.6 Å². The lowest BCUT2D eigenvalue weighted by Crippen LogP contribution is -2.14. The zero-order chi connectivity index (χ0) is 22.7. The zero-order valence-corrected chi connectivity index (χ0v) is 17.3. The fourth-order valence-electron chi connectivity index (χ4n) is 3.90. The lowest BCUT2D eigenvalue weighted by Gasteiger charge is -2.23. The molecule has 0 atom stereocenters. The number of hydrogen-bond donors (Lipinski definition) is 0. The molecule has 0 fully saturated rings. The van der Waals surface area contributed by atoms with Crippen LogP contribution < -0.4 is 0 Å². The molecule has 0 radical (unpaired) electrons. The van der Waals surface area contributed by atoms with Gasteiger partial charge in [-0.3, -0.25) is 0 Å². The molecule has 1 heterocycles. The minimum atomic E-state index is -5.04. The van der Waals surface area contributed by atoms with Gasteiger partial charge in [0.05, 0.1) is 16.6 Å². The van der Waals surface area contributed by atoms with Gasteiger partial charge in [0.15, 0.2) is 0 Å². The molecule has 0 aliphatic heterocycles. The van der Waals surface area contributed by atoms with Crippen LogP contribution in [0.5, 0.6) is 0 Å². The van der Waals surface area contributed by atoms with Gasteiger partial charge < -0.3 is 0 Å². The molecule has 1 aromatic heterocycles. The molecule has 0 saturated heterocycles. The zero-order valence-electron chi connectivity index (χ0n) is 17.3. The number of nitrogens with zero attached hydrogens (tertiary/aromatic N) is 2. The summed E-state index contributed by atoms with van der Waals surface area (Å²) in [5, 5.41) is 1.38. The molecule has 0 bridgehead atoms. The van der Waals surface area contributed by atoms with Gasteiger partial charge >= 0.3 is 6.18 Å². The monoisotopic (exact) mass is 430 g/mol. The topological polar surface area (TPSA) is 25.8 Å². The first-order chi connectivity index (χ1) is 14.4. The summed E-state index contributed by atoms with van der Waals surface area (Å²) in [6, 6.07) is 11.1. The maximum absolute atomic E-state index is 15.1. The van der Waals surface area contributed by atoms with Crippen molar-refractivity contribution in [3.63, 3.8) is 0 Å². The minimum Gasteiger partial charge on any atom is -0.236 e. The number of halogens is 5. The third kappa shape index (κ3) is 3.42. The Hall–Kier alpha value is -3.09. The van der Waals surface area contributed by atoms with E-state index >= 15 is 4.39 Å². The predicted molar refractivity (Wildman–Crippen MR) is 111 cm³/mol. The van der Waals surface area contributed by atoms with Crippen molar-refractivity contribution < 1.29 is 22.0 Å². The molecule has 3 aromatic carbocycles. The van der Waals surface area contributed by atoms with E-state index in [4.69, 9.17) is 0 Å². The molecule has 0 amide bonds. The molecule has 0 aliphatic rings. The highest BCUT2D eigenvalue weighted by atomic mass is 19.4. The second-order valence-electron chi connectivity index (χ2n) is 8.57. The summed E-state index contributed by atoms with van der Waals surface area (Å²) in [6.45, 7) is 7.02. The molecule has 0 spiro atoms. The van der Waals surface area contributed by atoms with Crippen molar-refractivity contribution in [3.8, 4) is 11.3 Å². The first-order valence-electron chi connectivity index (χ1n) is 9.64. The molecule has 0 unspecified atom stereocenters. The van der Waals surface area contributed by atoms with Gasteiger partial charge in [-0.1, -0.05) is 45.0 Å². The molecule has 4 aromatic rings. The Kier molecular flexibility index (Phi) is 4.76. The highest BCUT2D eigenvalue weighted by molar-refractivity contribution is 5.99. The standard InChI is InChI=1S/C24H19F5N2/c1-12-19(25)17-21(30-11-31-22(17)18(20(12)26)24(27,28)29)14-9-13-7-5-6-8-15(13)16(10-14)23(2,3)4/h5-11H,1-4H3. The smallest absolute Gasteiger partial charge is 0.236 e. The van der Waals surface area contributed by atoms with E-state index in [1.807, 2.05) is 45.0 Å². The fraction of sp³-hybridized carbons (Fsp3) is 0.250. The molecule has 160 valence electrons. The summed E-state index contributed by atoms with van der Waals surface area (Å²) in [6.07, 6.45) is -4.13. The summed E-state index contributed by atoms with van der Waals surface area (Å²) in [4.78, 5) is 7.74. The lowest BCUT2D eigenvalue weighted by atomic mass is 9.82. The van der Waals surface area contributed by atoms with Crippen molar-refractivity contribution in [2.45, 2.75) is 39.3 Å². The van der Waals surface area contributed by atoms with E-state index in [2.05, 4.69) is 9.97 Å². The normalized spacial score (nSPS) is 12.7. The van der Waals surface area contributed by atoms with Gasteiger partial charge in [0, 0.05) is 11.1 Å². The molecule has 2 nitrogen and oxygen atoms in total. The van der Waals surface area contributed by atoms with E-state index in [1.165, 1.54) is 0 Å². The molecule has 7 heteroatoms.